The second kappa shape index (κ2) is 16.4. The molecule has 71 heavy (non-hydrogen) atoms. The zero-order chi connectivity index (χ0) is 48.1. The molecule has 0 radical (unpaired) electrons. The van der Waals surface area contributed by atoms with Crippen LogP contribution in [0.1, 0.15) is 72.9 Å². The quantitative estimate of drug-likeness (QED) is 0.150. The maximum Gasteiger partial charge on any atom is 0.123 e. The van der Waals surface area contributed by atoms with E-state index >= 15 is 0 Å². The highest BCUT2D eigenvalue weighted by atomic mass is 19.1. The third-order valence-corrected chi connectivity index (χ3v) is 15.3. The lowest BCUT2D eigenvalue weighted by Crippen LogP contribution is -2.26. The Balaban J connectivity index is 1.06. The minimum atomic E-state index is -0.654. The molecule has 0 aromatic heterocycles. The summed E-state index contributed by atoms with van der Waals surface area (Å²) in [5, 5.41) is 7.03. The second-order valence-electron chi connectivity index (χ2n) is 19.9. The predicted molar refractivity (Wildman–Crippen MR) is 293 cm³/mol. The molecule has 0 saturated heterocycles. The topological polar surface area (TPSA) is 6.48 Å². The van der Waals surface area contributed by atoms with Crippen LogP contribution in [-0.4, -0.2) is 0 Å². The first-order chi connectivity index (χ1) is 34.6. The molecule has 0 bridgehead atoms. The van der Waals surface area contributed by atoms with Crippen molar-refractivity contribution in [2.45, 2.75) is 44.9 Å². The minimum absolute atomic E-state index is 0.266. The van der Waals surface area contributed by atoms with Crippen LogP contribution in [0.4, 0.5) is 42.9 Å². The van der Waals surface area contributed by atoms with Gasteiger partial charge in [-0.2, -0.15) is 0 Å². The van der Waals surface area contributed by atoms with Gasteiger partial charge in [0, 0.05) is 34.1 Å². The van der Waals surface area contributed by atoms with Crippen molar-refractivity contribution in [2.24, 2.45) is 0 Å². The average molecular weight is 921 g/mol. The van der Waals surface area contributed by atoms with E-state index in [0.717, 1.165) is 50.3 Å². The van der Waals surface area contributed by atoms with E-state index in [2.05, 4.69) is 207 Å². The van der Waals surface area contributed by atoms with Crippen LogP contribution in [-0.2, 0) is 5.41 Å². The summed E-state index contributed by atoms with van der Waals surface area (Å²) in [6.07, 6.45) is 0. The lowest BCUT2D eigenvalue weighted by molar-refractivity contribution is 0.627. The predicted octanol–water partition coefficient (Wildman–Crippen LogP) is 19.0. The molecule has 11 aromatic carbocycles. The number of hydrogen-bond donors (Lipinski definition) is 0. The maximum absolute atomic E-state index is 14.5. The summed E-state index contributed by atoms with van der Waals surface area (Å²) >= 11 is 0. The highest BCUT2D eigenvalue weighted by Gasteiger charge is 2.53. The van der Waals surface area contributed by atoms with Crippen molar-refractivity contribution in [1.29, 1.82) is 0 Å². The monoisotopic (exact) mass is 920 g/mol. The maximum atomic E-state index is 14.5. The number of anilines is 6. The Labute approximate surface area is 413 Å². The Bertz CT molecular complexity index is 3890. The lowest BCUT2D eigenvalue weighted by atomic mass is 9.69. The second-order valence-corrected chi connectivity index (χ2v) is 19.9. The van der Waals surface area contributed by atoms with Crippen LogP contribution in [0.15, 0.2) is 218 Å². The van der Waals surface area contributed by atoms with E-state index in [1.54, 1.807) is 0 Å². The normalized spacial score (nSPS) is 14.4. The third kappa shape index (κ3) is 6.65. The summed E-state index contributed by atoms with van der Waals surface area (Å²) in [7, 11) is 0. The van der Waals surface area contributed by atoms with Crippen LogP contribution in [0.25, 0.3) is 54.6 Å². The van der Waals surface area contributed by atoms with Crippen molar-refractivity contribution >= 4 is 66.4 Å². The van der Waals surface area contributed by atoms with Crippen LogP contribution in [0.5, 0.6) is 0 Å². The SMILES string of the molecule is CC(C)c1ccc(N(c2ccc(F)cc2)c2ccc3cc4c(cc3c2)C2(c3ccccc3-c3c2ccc2ccccc32)c2c-4ccc3cc(N(c4ccc(F)cc4)c4ccc(C(C)C)cc4)ccc23)cc1. The van der Waals surface area contributed by atoms with Gasteiger partial charge >= 0.3 is 0 Å². The molecule has 11 aromatic rings. The van der Waals surface area contributed by atoms with Gasteiger partial charge < -0.3 is 9.80 Å². The Hall–Kier alpha value is -8.34. The highest BCUT2D eigenvalue weighted by Crippen LogP contribution is 2.65. The molecule has 1 atom stereocenters. The van der Waals surface area contributed by atoms with Gasteiger partial charge in [-0.3, -0.25) is 0 Å². The van der Waals surface area contributed by atoms with E-state index in [1.165, 1.54) is 96.1 Å². The summed E-state index contributed by atoms with van der Waals surface area (Å²) in [6, 6.07) is 76.7. The molecule has 0 amide bonds. The van der Waals surface area contributed by atoms with Crippen LogP contribution >= 0.6 is 0 Å². The molecule has 0 N–H and O–H groups in total. The molecule has 2 aliphatic rings. The third-order valence-electron chi connectivity index (χ3n) is 15.3. The number of halogens is 2. The van der Waals surface area contributed by atoms with E-state index in [4.69, 9.17) is 0 Å². The molecule has 2 aliphatic carbocycles. The van der Waals surface area contributed by atoms with Crippen LogP contribution < -0.4 is 9.80 Å². The van der Waals surface area contributed by atoms with Gasteiger partial charge in [0.15, 0.2) is 0 Å². The van der Waals surface area contributed by atoms with Gasteiger partial charge in [0.25, 0.3) is 0 Å². The molecule has 342 valence electrons. The summed E-state index contributed by atoms with van der Waals surface area (Å²) in [4.78, 5) is 4.46. The van der Waals surface area contributed by atoms with Gasteiger partial charge in [-0.25, -0.2) is 8.78 Å². The molecule has 0 heterocycles. The van der Waals surface area contributed by atoms with E-state index in [-0.39, 0.29) is 11.6 Å². The van der Waals surface area contributed by atoms with Crippen LogP contribution in [0.3, 0.4) is 0 Å². The zero-order valence-electron chi connectivity index (χ0n) is 40.1. The number of rotatable bonds is 8. The Morgan fingerprint density at radius 2 is 0.845 bits per heavy atom. The fourth-order valence-corrected chi connectivity index (χ4v) is 11.9. The largest absolute Gasteiger partial charge is 0.310 e. The van der Waals surface area contributed by atoms with Crippen molar-refractivity contribution < 1.29 is 8.78 Å². The number of hydrogen-bond acceptors (Lipinski definition) is 2. The molecule has 1 unspecified atom stereocenters. The fourth-order valence-electron chi connectivity index (χ4n) is 11.9. The molecule has 0 saturated carbocycles. The van der Waals surface area contributed by atoms with Crippen LogP contribution in [0, 0.1) is 11.6 Å². The van der Waals surface area contributed by atoms with Gasteiger partial charge in [0.2, 0.25) is 0 Å². The number of fused-ring (bicyclic) bond motifs is 15. The molecule has 0 aliphatic heterocycles. The number of nitrogens with zero attached hydrogens (tertiary/aromatic N) is 2. The Kier molecular flexibility index (Phi) is 9.87. The van der Waals surface area contributed by atoms with E-state index < -0.39 is 5.41 Å². The van der Waals surface area contributed by atoms with Crippen molar-refractivity contribution in [3.05, 3.63) is 263 Å². The molecule has 2 nitrogen and oxygen atoms in total. The fraction of sp³-hybridized carbons (Fsp3) is 0.104. The van der Waals surface area contributed by atoms with Crippen molar-refractivity contribution in [1.82, 2.24) is 0 Å². The van der Waals surface area contributed by atoms with Crippen molar-refractivity contribution in [3.8, 4) is 22.3 Å². The van der Waals surface area contributed by atoms with Crippen molar-refractivity contribution in [2.75, 3.05) is 9.80 Å². The van der Waals surface area contributed by atoms with Gasteiger partial charge in [0.1, 0.15) is 11.6 Å². The Morgan fingerprint density at radius 1 is 0.338 bits per heavy atom. The van der Waals surface area contributed by atoms with Gasteiger partial charge in [-0.1, -0.05) is 137 Å². The average Bonchev–Trinajstić information content (AvgIpc) is 3.86. The molecule has 13 rings (SSSR count). The van der Waals surface area contributed by atoms with Gasteiger partial charge in [0.05, 0.1) is 5.41 Å². The molecule has 4 heteroatoms. The smallest absolute Gasteiger partial charge is 0.123 e. The molecular formula is C67H50F2N2. The molecule has 1 spiro atoms. The standard InChI is InChI=1S/C67H50F2N2/c1-41(2)43-13-24-51(25-14-43)70(53-29-20-49(68)21-30-53)55-28-17-46-39-61-59-34-18-47-37-56(71(54-31-22-50(69)23-32-54)52-26-15-44(16-27-52)42(3)4)33-35-58(47)66(59)67(64(61)40-48(46)38-55)62-12-8-7-11-60(62)65-57-10-6-5-9-45(57)19-36-63(65)67/h5-42H,1-4H3. The summed E-state index contributed by atoms with van der Waals surface area (Å²) in [6.45, 7) is 8.84. The van der Waals surface area contributed by atoms with E-state index in [9.17, 15) is 8.78 Å². The first-order valence-electron chi connectivity index (χ1n) is 24.7. The summed E-state index contributed by atoms with van der Waals surface area (Å²) in [5.41, 5.74) is 17.7. The first kappa shape index (κ1) is 42.7. The number of benzene rings is 11. The highest BCUT2D eigenvalue weighted by molar-refractivity contribution is 6.11. The van der Waals surface area contributed by atoms with Crippen LogP contribution in [0.2, 0.25) is 0 Å². The summed E-state index contributed by atoms with van der Waals surface area (Å²) < 4.78 is 29.0. The minimum Gasteiger partial charge on any atom is -0.310 e. The zero-order valence-corrected chi connectivity index (χ0v) is 40.1. The lowest BCUT2D eigenvalue weighted by Gasteiger charge is -2.32. The van der Waals surface area contributed by atoms with E-state index in [1.807, 2.05) is 24.3 Å². The van der Waals surface area contributed by atoms with E-state index in [0.29, 0.717) is 11.8 Å². The molecule has 0 fully saturated rings. The Morgan fingerprint density at radius 3 is 1.46 bits per heavy atom. The summed E-state index contributed by atoms with van der Waals surface area (Å²) in [5.74, 6) is 0.264. The van der Waals surface area contributed by atoms with Gasteiger partial charge in [-0.15, -0.1) is 0 Å². The first-order valence-corrected chi connectivity index (χ1v) is 24.7. The molecular weight excluding hydrogens is 871 g/mol. The van der Waals surface area contributed by atoms with Crippen molar-refractivity contribution in [3.63, 3.8) is 0 Å². The van der Waals surface area contributed by atoms with Gasteiger partial charge in [-0.05, 0) is 209 Å².